The highest BCUT2D eigenvalue weighted by atomic mass is 16.5. The molecule has 0 amide bonds. The summed E-state index contributed by atoms with van der Waals surface area (Å²) in [6, 6.07) is 1.82. The first-order valence-electron chi connectivity index (χ1n) is 5.51. The van der Waals surface area contributed by atoms with Gasteiger partial charge in [0.25, 0.3) is 0 Å². The van der Waals surface area contributed by atoms with Crippen LogP contribution >= 0.6 is 0 Å². The van der Waals surface area contributed by atoms with Gasteiger partial charge in [0.05, 0.1) is 25.5 Å². The Morgan fingerprint density at radius 3 is 3.00 bits per heavy atom. The molecule has 2 rings (SSSR count). The monoisotopic (exact) mass is 223 g/mol. The quantitative estimate of drug-likeness (QED) is 0.844. The van der Waals surface area contributed by atoms with E-state index in [0.717, 1.165) is 18.6 Å². The molecule has 3 unspecified atom stereocenters. The van der Waals surface area contributed by atoms with Crippen LogP contribution in [0, 0.1) is 5.92 Å². The maximum Gasteiger partial charge on any atom is 0.137 e. The van der Waals surface area contributed by atoms with E-state index in [2.05, 4.69) is 4.98 Å². The van der Waals surface area contributed by atoms with E-state index in [9.17, 15) is 5.11 Å². The summed E-state index contributed by atoms with van der Waals surface area (Å²) >= 11 is 0. The minimum atomic E-state index is -0.528. The summed E-state index contributed by atoms with van der Waals surface area (Å²) in [7, 11) is 1.59. The Morgan fingerprint density at radius 1 is 1.56 bits per heavy atom. The van der Waals surface area contributed by atoms with Crippen LogP contribution in [-0.2, 0) is 4.74 Å². The molecule has 0 spiro atoms. The number of aliphatic hydroxyl groups excluding tert-OH is 1. The molecule has 16 heavy (non-hydrogen) atoms. The largest absolute Gasteiger partial charge is 0.495 e. The third kappa shape index (κ3) is 2.18. The highest BCUT2D eigenvalue weighted by Gasteiger charge is 2.31. The minimum Gasteiger partial charge on any atom is -0.495 e. The number of methoxy groups -OCH3 is 1. The Bertz CT molecular complexity index is 356. The summed E-state index contributed by atoms with van der Waals surface area (Å²) in [4.78, 5) is 4.05. The van der Waals surface area contributed by atoms with Gasteiger partial charge >= 0.3 is 0 Å². The Morgan fingerprint density at radius 2 is 2.38 bits per heavy atom. The first-order chi connectivity index (χ1) is 7.72. The maximum absolute atomic E-state index is 10.2. The van der Waals surface area contributed by atoms with Crippen molar-refractivity contribution in [1.29, 1.82) is 0 Å². The molecule has 4 heteroatoms. The van der Waals surface area contributed by atoms with Crippen LogP contribution in [0.3, 0.4) is 0 Å². The van der Waals surface area contributed by atoms with E-state index in [4.69, 9.17) is 9.47 Å². The second-order valence-corrected chi connectivity index (χ2v) is 4.13. The van der Waals surface area contributed by atoms with Crippen LogP contribution in [0.4, 0.5) is 0 Å². The summed E-state index contributed by atoms with van der Waals surface area (Å²) in [5.74, 6) is 0.817. The van der Waals surface area contributed by atoms with Gasteiger partial charge in [-0.25, -0.2) is 0 Å². The molecule has 0 radical (unpaired) electrons. The molecular weight excluding hydrogens is 206 g/mol. The lowest BCUT2D eigenvalue weighted by atomic mass is 9.91. The zero-order valence-corrected chi connectivity index (χ0v) is 9.59. The summed E-state index contributed by atoms with van der Waals surface area (Å²) in [5.41, 5.74) is 0.793. The molecule has 0 bridgehead atoms. The van der Waals surface area contributed by atoms with Crippen LogP contribution < -0.4 is 4.74 Å². The molecule has 1 aliphatic heterocycles. The Hall–Kier alpha value is -1.13. The van der Waals surface area contributed by atoms with Crippen LogP contribution in [0.2, 0.25) is 0 Å². The zero-order chi connectivity index (χ0) is 11.5. The van der Waals surface area contributed by atoms with Gasteiger partial charge in [0.15, 0.2) is 0 Å². The van der Waals surface area contributed by atoms with E-state index in [0.29, 0.717) is 5.75 Å². The molecule has 88 valence electrons. The van der Waals surface area contributed by atoms with Crippen molar-refractivity contribution in [2.75, 3.05) is 13.7 Å². The summed E-state index contributed by atoms with van der Waals surface area (Å²) in [5, 5.41) is 10.2. The fourth-order valence-electron chi connectivity index (χ4n) is 2.12. The van der Waals surface area contributed by atoms with Gasteiger partial charge < -0.3 is 14.6 Å². The predicted molar refractivity (Wildman–Crippen MR) is 59.3 cm³/mol. The van der Waals surface area contributed by atoms with Crippen LogP contribution in [-0.4, -0.2) is 29.9 Å². The number of pyridine rings is 1. The smallest absolute Gasteiger partial charge is 0.137 e. The van der Waals surface area contributed by atoms with Crippen LogP contribution in [0.15, 0.2) is 18.5 Å². The van der Waals surface area contributed by atoms with Crippen molar-refractivity contribution in [2.24, 2.45) is 5.92 Å². The number of nitrogens with zero attached hydrogens (tertiary/aromatic N) is 1. The Kier molecular flexibility index (Phi) is 3.41. The van der Waals surface area contributed by atoms with Gasteiger partial charge in [0, 0.05) is 24.3 Å². The lowest BCUT2D eigenvalue weighted by Crippen LogP contribution is -2.19. The third-order valence-electron chi connectivity index (χ3n) is 3.15. The average Bonchev–Trinajstić information content (AvgIpc) is 2.74. The highest BCUT2D eigenvalue weighted by Crippen LogP contribution is 2.33. The predicted octanol–water partition coefficient (Wildman–Crippen LogP) is 1.55. The normalized spacial score (nSPS) is 26.7. The number of hydrogen-bond acceptors (Lipinski definition) is 4. The minimum absolute atomic E-state index is 0.0983. The molecule has 1 fully saturated rings. The molecule has 1 aromatic heterocycles. The summed E-state index contributed by atoms with van der Waals surface area (Å²) in [6.45, 7) is 2.72. The SMILES string of the molecule is COc1cncc(C(O)C2CCOC2C)c1. The van der Waals surface area contributed by atoms with Crippen LogP contribution in [0.1, 0.15) is 25.0 Å². The van der Waals surface area contributed by atoms with Crippen molar-refractivity contribution in [3.8, 4) is 5.75 Å². The van der Waals surface area contributed by atoms with E-state index < -0.39 is 6.10 Å². The van der Waals surface area contributed by atoms with E-state index in [-0.39, 0.29) is 12.0 Å². The van der Waals surface area contributed by atoms with Crippen LogP contribution in [0.5, 0.6) is 5.75 Å². The third-order valence-corrected chi connectivity index (χ3v) is 3.15. The Labute approximate surface area is 95.2 Å². The van der Waals surface area contributed by atoms with Gasteiger partial charge in [0.2, 0.25) is 0 Å². The van der Waals surface area contributed by atoms with Crippen molar-refractivity contribution in [1.82, 2.24) is 4.98 Å². The van der Waals surface area contributed by atoms with Crippen molar-refractivity contribution < 1.29 is 14.6 Å². The second kappa shape index (κ2) is 4.80. The first kappa shape index (κ1) is 11.4. The van der Waals surface area contributed by atoms with Gasteiger partial charge in [-0.15, -0.1) is 0 Å². The molecule has 1 aromatic rings. The van der Waals surface area contributed by atoms with E-state index >= 15 is 0 Å². The fraction of sp³-hybridized carbons (Fsp3) is 0.583. The lowest BCUT2D eigenvalue weighted by Gasteiger charge is -2.21. The second-order valence-electron chi connectivity index (χ2n) is 4.13. The average molecular weight is 223 g/mol. The first-order valence-corrected chi connectivity index (χ1v) is 5.51. The van der Waals surface area contributed by atoms with Crippen molar-refractivity contribution >= 4 is 0 Å². The van der Waals surface area contributed by atoms with Gasteiger partial charge in [-0.3, -0.25) is 4.98 Å². The highest BCUT2D eigenvalue weighted by molar-refractivity contribution is 5.25. The number of hydrogen-bond donors (Lipinski definition) is 1. The molecule has 4 nitrogen and oxygen atoms in total. The van der Waals surface area contributed by atoms with E-state index in [1.54, 1.807) is 19.5 Å². The molecule has 2 heterocycles. The van der Waals surface area contributed by atoms with E-state index in [1.165, 1.54) is 0 Å². The molecular formula is C12H17NO3. The van der Waals surface area contributed by atoms with Crippen LogP contribution in [0.25, 0.3) is 0 Å². The molecule has 1 saturated heterocycles. The van der Waals surface area contributed by atoms with Crippen molar-refractivity contribution in [3.63, 3.8) is 0 Å². The van der Waals surface area contributed by atoms with Crippen molar-refractivity contribution in [2.45, 2.75) is 25.6 Å². The number of ether oxygens (including phenoxy) is 2. The van der Waals surface area contributed by atoms with Gasteiger partial charge in [0.1, 0.15) is 5.75 Å². The Balaban J connectivity index is 2.16. The summed E-state index contributed by atoms with van der Waals surface area (Å²) < 4.78 is 10.5. The summed E-state index contributed by atoms with van der Waals surface area (Å²) in [6.07, 6.45) is 3.77. The lowest BCUT2D eigenvalue weighted by molar-refractivity contribution is 0.0429. The van der Waals surface area contributed by atoms with Gasteiger partial charge in [-0.2, -0.15) is 0 Å². The number of rotatable bonds is 3. The molecule has 1 aliphatic rings. The van der Waals surface area contributed by atoms with E-state index in [1.807, 2.05) is 13.0 Å². The maximum atomic E-state index is 10.2. The van der Waals surface area contributed by atoms with Crippen molar-refractivity contribution in [3.05, 3.63) is 24.0 Å². The molecule has 0 saturated carbocycles. The topological polar surface area (TPSA) is 51.6 Å². The van der Waals surface area contributed by atoms with Gasteiger partial charge in [-0.1, -0.05) is 0 Å². The molecule has 0 aromatic carbocycles. The standard InChI is InChI=1S/C12H17NO3/c1-8-11(3-4-16-8)12(14)9-5-10(15-2)7-13-6-9/h5-8,11-12,14H,3-4H2,1-2H3. The zero-order valence-electron chi connectivity index (χ0n) is 9.59. The van der Waals surface area contributed by atoms with Gasteiger partial charge in [-0.05, 0) is 19.4 Å². The molecule has 1 N–H and O–H groups in total. The number of aromatic nitrogens is 1. The molecule has 0 aliphatic carbocycles. The fourth-order valence-corrected chi connectivity index (χ4v) is 2.12. The molecule has 3 atom stereocenters. The number of aliphatic hydroxyl groups is 1.